The number of carbonyl (C=O) groups is 1. The van der Waals surface area contributed by atoms with Crippen LogP contribution in [0.4, 0.5) is 0 Å². The molecule has 0 aliphatic rings. The Kier molecular flexibility index (Phi) is 5.79. The van der Waals surface area contributed by atoms with Crippen LogP contribution in [0.2, 0.25) is 0 Å². The molecule has 6 nitrogen and oxygen atoms in total. The molecule has 0 atom stereocenters. The molecular weight excluding hydrogens is 358 g/mol. The first-order valence-corrected chi connectivity index (χ1v) is 8.95. The van der Waals surface area contributed by atoms with E-state index in [-0.39, 0.29) is 12.3 Å². The summed E-state index contributed by atoms with van der Waals surface area (Å²) in [5.41, 5.74) is 3.58. The number of carbonyl (C=O) groups excluding carboxylic acids is 1. The lowest BCUT2D eigenvalue weighted by Crippen LogP contribution is -2.24. The number of hydrogen-bond acceptors (Lipinski definition) is 4. The molecule has 0 aliphatic heterocycles. The Morgan fingerprint density at radius 3 is 2.81 bits per heavy atom. The van der Waals surface area contributed by atoms with Gasteiger partial charge >= 0.3 is 0 Å². The van der Waals surface area contributed by atoms with Gasteiger partial charge in [0.2, 0.25) is 5.91 Å². The van der Waals surface area contributed by atoms with E-state index in [2.05, 4.69) is 21.6 Å². The summed E-state index contributed by atoms with van der Waals surface area (Å²) in [6.45, 7) is 2.84. The second-order valence-electron chi connectivity index (χ2n) is 6.21. The quantitative estimate of drug-likeness (QED) is 0.644. The van der Waals surface area contributed by atoms with Crippen molar-refractivity contribution < 1.29 is 4.79 Å². The number of H-pyrrole nitrogens is 1. The third-order valence-electron chi connectivity index (χ3n) is 4.18. The first-order chi connectivity index (χ1) is 13.1. The molecule has 0 unspecified atom stereocenters. The minimum atomic E-state index is -0.0877. The number of benzene rings is 2. The third kappa shape index (κ3) is 4.68. The summed E-state index contributed by atoms with van der Waals surface area (Å²) in [7, 11) is 0. The molecule has 27 heavy (non-hydrogen) atoms. The molecule has 136 valence electrons. The van der Waals surface area contributed by atoms with E-state index in [4.69, 9.17) is 17.5 Å². The zero-order valence-electron chi connectivity index (χ0n) is 14.9. The number of amides is 1. The van der Waals surface area contributed by atoms with Crippen molar-refractivity contribution in [1.29, 1.82) is 5.26 Å². The number of rotatable bonds is 6. The van der Waals surface area contributed by atoms with Crippen molar-refractivity contribution in [2.24, 2.45) is 0 Å². The smallest absolute Gasteiger partial charge is 0.222 e. The molecule has 0 saturated heterocycles. The lowest BCUT2D eigenvalue weighted by molar-refractivity contribution is -0.121. The maximum Gasteiger partial charge on any atom is 0.222 e. The van der Waals surface area contributed by atoms with Crippen LogP contribution in [0.5, 0.6) is 0 Å². The minimum Gasteiger partial charge on any atom is -0.352 e. The molecule has 1 heterocycles. The first-order valence-electron chi connectivity index (χ1n) is 8.55. The molecule has 0 spiro atoms. The maximum absolute atomic E-state index is 12.2. The lowest BCUT2D eigenvalue weighted by Gasteiger charge is -2.08. The van der Waals surface area contributed by atoms with E-state index in [1.54, 1.807) is 18.2 Å². The van der Waals surface area contributed by atoms with Crippen molar-refractivity contribution in [2.75, 3.05) is 0 Å². The highest BCUT2D eigenvalue weighted by Gasteiger charge is 2.10. The van der Waals surface area contributed by atoms with Gasteiger partial charge in [0.15, 0.2) is 10.6 Å². The first kappa shape index (κ1) is 18.5. The predicted molar refractivity (Wildman–Crippen MR) is 105 cm³/mol. The van der Waals surface area contributed by atoms with E-state index in [0.29, 0.717) is 23.4 Å². The van der Waals surface area contributed by atoms with Crippen LogP contribution in [0, 0.1) is 23.0 Å². The SMILES string of the molecule is Cc1ccc(-c2n[nH]c(=S)n2CCC(=O)NCc2cccc(C#N)c2)cc1. The van der Waals surface area contributed by atoms with Gasteiger partial charge in [-0.2, -0.15) is 10.4 Å². The second kappa shape index (κ2) is 8.43. The van der Waals surface area contributed by atoms with Crippen LogP contribution in [-0.4, -0.2) is 20.7 Å². The Hall–Kier alpha value is -3.24. The van der Waals surface area contributed by atoms with E-state index in [9.17, 15) is 4.79 Å². The summed E-state index contributed by atoms with van der Waals surface area (Å²) in [4.78, 5) is 12.2. The number of hydrogen-bond donors (Lipinski definition) is 2. The molecule has 0 aliphatic carbocycles. The molecule has 1 amide bonds. The van der Waals surface area contributed by atoms with Gasteiger partial charge in [0.1, 0.15) is 0 Å². The van der Waals surface area contributed by atoms with Gasteiger partial charge in [0.05, 0.1) is 11.6 Å². The molecule has 0 radical (unpaired) electrons. The van der Waals surface area contributed by atoms with Crippen LogP contribution in [0.25, 0.3) is 11.4 Å². The summed E-state index contributed by atoms with van der Waals surface area (Å²) in [6, 6.07) is 17.3. The highest BCUT2D eigenvalue weighted by atomic mass is 32.1. The summed E-state index contributed by atoms with van der Waals surface area (Å²) in [5, 5.41) is 18.9. The van der Waals surface area contributed by atoms with E-state index in [1.807, 2.05) is 41.8 Å². The number of aromatic amines is 1. The van der Waals surface area contributed by atoms with Gasteiger partial charge in [-0.3, -0.25) is 14.5 Å². The molecule has 0 saturated carbocycles. The number of nitriles is 1. The number of nitrogens with one attached hydrogen (secondary N) is 2. The van der Waals surface area contributed by atoms with Gasteiger partial charge in [0, 0.05) is 25.1 Å². The number of aryl methyl sites for hydroxylation is 1. The molecule has 7 heteroatoms. The average molecular weight is 377 g/mol. The van der Waals surface area contributed by atoms with Crippen LogP contribution in [0.1, 0.15) is 23.1 Å². The highest BCUT2D eigenvalue weighted by Crippen LogP contribution is 2.18. The second-order valence-corrected chi connectivity index (χ2v) is 6.60. The Bertz CT molecular complexity index is 1040. The topological polar surface area (TPSA) is 86.5 Å². The zero-order valence-corrected chi connectivity index (χ0v) is 15.7. The zero-order chi connectivity index (χ0) is 19.2. The Morgan fingerprint density at radius 2 is 2.07 bits per heavy atom. The molecule has 1 aromatic heterocycles. The van der Waals surface area contributed by atoms with Gasteiger partial charge in [-0.1, -0.05) is 42.0 Å². The van der Waals surface area contributed by atoms with E-state index in [0.717, 1.165) is 17.0 Å². The Morgan fingerprint density at radius 1 is 1.30 bits per heavy atom. The summed E-state index contributed by atoms with van der Waals surface area (Å²) in [5.74, 6) is 0.629. The van der Waals surface area contributed by atoms with Crippen LogP contribution < -0.4 is 5.32 Å². The Balaban J connectivity index is 1.62. The molecule has 3 aromatic rings. The van der Waals surface area contributed by atoms with Crippen molar-refractivity contribution in [3.8, 4) is 17.5 Å². The van der Waals surface area contributed by atoms with Crippen molar-refractivity contribution in [1.82, 2.24) is 20.1 Å². The van der Waals surface area contributed by atoms with Gasteiger partial charge in [-0.25, -0.2) is 0 Å². The van der Waals surface area contributed by atoms with Crippen molar-refractivity contribution in [2.45, 2.75) is 26.4 Å². The standard InChI is InChI=1S/C20H19N5OS/c1-14-5-7-17(8-6-14)19-23-24-20(27)25(19)10-9-18(26)22-13-16-4-2-3-15(11-16)12-21/h2-8,11H,9-10,13H2,1H3,(H,22,26)(H,24,27). The average Bonchev–Trinajstić information content (AvgIpc) is 3.06. The van der Waals surface area contributed by atoms with Crippen LogP contribution in [0.15, 0.2) is 48.5 Å². The fourth-order valence-corrected chi connectivity index (χ4v) is 2.92. The third-order valence-corrected chi connectivity index (χ3v) is 4.49. The largest absolute Gasteiger partial charge is 0.352 e. The van der Waals surface area contributed by atoms with E-state index in [1.165, 1.54) is 5.56 Å². The predicted octanol–water partition coefficient (Wildman–Crippen LogP) is 3.49. The fourth-order valence-electron chi connectivity index (χ4n) is 2.70. The summed E-state index contributed by atoms with van der Waals surface area (Å²) >= 11 is 5.30. The van der Waals surface area contributed by atoms with Crippen molar-refractivity contribution >= 4 is 18.1 Å². The van der Waals surface area contributed by atoms with Gasteiger partial charge in [0.25, 0.3) is 0 Å². The van der Waals surface area contributed by atoms with Crippen molar-refractivity contribution in [3.63, 3.8) is 0 Å². The van der Waals surface area contributed by atoms with Crippen molar-refractivity contribution in [3.05, 3.63) is 70.0 Å². The van der Waals surface area contributed by atoms with Crippen LogP contribution >= 0.6 is 12.2 Å². The van der Waals surface area contributed by atoms with Crippen LogP contribution in [0.3, 0.4) is 0 Å². The molecule has 3 rings (SSSR count). The Labute approximate surface area is 162 Å². The summed E-state index contributed by atoms with van der Waals surface area (Å²) in [6.07, 6.45) is 0.282. The van der Waals surface area contributed by atoms with E-state index < -0.39 is 0 Å². The number of aromatic nitrogens is 3. The molecule has 0 bridgehead atoms. The molecule has 2 aromatic carbocycles. The highest BCUT2D eigenvalue weighted by molar-refractivity contribution is 7.71. The van der Waals surface area contributed by atoms with Gasteiger partial charge < -0.3 is 5.32 Å². The molecule has 0 fully saturated rings. The summed E-state index contributed by atoms with van der Waals surface area (Å²) < 4.78 is 2.32. The number of nitrogens with zero attached hydrogens (tertiary/aromatic N) is 3. The fraction of sp³-hybridized carbons (Fsp3) is 0.200. The molecular formula is C20H19N5OS. The molecule has 2 N–H and O–H groups in total. The van der Waals surface area contributed by atoms with Crippen LogP contribution in [-0.2, 0) is 17.9 Å². The minimum absolute atomic E-state index is 0.0877. The monoisotopic (exact) mass is 377 g/mol. The van der Waals surface area contributed by atoms with Gasteiger partial charge in [-0.15, -0.1) is 0 Å². The maximum atomic E-state index is 12.2. The normalized spacial score (nSPS) is 10.4. The van der Waals surface area contributed by atoms with E-state index >= 15 is 0 Å². The lowest BCUT2D eigenvalue weighted by atomic mass is 10.1. The van der Waals surface area contributed by atoms with Gasteiger partial charge in [-0.05, 0) is 36.8 Å².